The van der Waals surface area contributed by atoms with Crippen molar-refractivity contribution in [3.05, 3.63) is 35.5 Å². The van der Waals surface area contributed by atoms with Crippen LogP contribution >= 0.6 is 11.6 Å². The van der Waals surface area contributed by atoms with Crippen molar-refractivity contribution in [3.63, 3.8) is 0 Å². The van der Waals surface area contributed by atoms with E-state index in [1.807, 2.05) is 0 Å². The van der Waals surface area contributed by atoms with Gasteiger partial charge in [0.25, 0.3) is 5.91 Å². The number of benzene rings is 1. The Balaban J connectivity index is 2.27. The van der Waals surface area contributed by atoms with Gasteiger partial charge in [0.2, 0.25) is 0 Å². The lowest BCUT2D eigenvalue weighted by Crippen LogP contribution is -2.30. The minimum absolute atomic E-state index is 0.00971. The normalized spacial score (nSPS) is 15.3. The highest BCUT2D eigenvalue weighted by Gasteiger charge is 2.31. The molecule has 1 saturated heterocycles. The van der Waals surface area contributed by atoms with E-state index in [0.29, 0.717) is 21.6 Å². The van der Waals surface area contributed by atoms with Crippen molar-refractivity contribution < 1.29 is 9.59 Å². The number of anilines is 1. The van der Waals surface area contributed by atoms with Gasteiger partial charge in [-0.15, -0.1) is 0 Å². The fourth-order valence-corrected chi connectivity index (χ4v) is 2.19. The molecule has 0 saturated carbocycles. The second kappa shape index (κ2) is 3.96. The molecule has 0 aliphatic carbocycles. The van der Waals surface area contributed by atoms with Crippen molar-refractivity contribution in [2.75, 3.05) is 11.4 Å². The maximum Gasteiger partial charge on any atom is 0.329 e. The number of pyridine rings is 1. The zero-order valence-corrected chi connectivity index (χ0v) is 9.94. The van der Waals surface area contributed by atoms with Gasteiger partial charge in [0.05, 0.1) is 22.8 Å². The van der Waals surface area contributed by atoms with Gasteiger partial charge in [0.15, 0.2) is 0 Å². The van der Waals surface area contributed by atoms with Crippen LogP contribution in [-0.4, -0.2) is 23.5 Å². The number of fused-ring (bicyclic) bond motifs is 1. The van der Waals surface area contributed by atoms with Gasteiger partial charge < -0.3 is 5.32 Å². The van der Waals surface area contributed by atoms with E-state index in [1.54, 1.807) is 30.5 Å². The molecule has 2 heterocycles. The minimum Gasteiger partial charge on any atom is -0.328 e. The fraction of sp³-hybridized carbons (Fsp3) is 0.0833. The van der Waals surface area contributed by atoms with E-state index < -0.39 is 6.03 Å². The highest BCUT2D eigenvalue weighted by atomic mass is 35.5. The minimum atomic E-state index is -0.436. The van der Waals surface area contributed by atoms with Crippen LogP contribution in [0.4, 0.5) is 10.5 Å². The van der Waals surface area contributed by atoms with Gasteiger partial charge in [-0.1, -0.05) is 11.6 Å². The summed E-state index contributed by atoms with van der Waals surface area (Å²) < 4.78 is 0. The smallest absolute Gasteiger partial charge is 0.328 e. The molecular weight excluding hydrogens is 254 g/mol. The maximum absolute atomic E-state index is 11.7. The summed E-state index contributed by atoms with van der Waals surface area (Å²) in [5.74, 6) is -0.297. The summed E-state index contributed by atoms with van der Waals surface area (Å²) in [5, 5.41) is 3.72. The molecule has 0 unspecified atom stereocenters. The van der Waals surface area contributed by atoms with E-state index in [2.05, 4.69) is 10.3 Å². The van der Waals surface area contributed by atoms with Gasteiger partial charge in [-0.2, -0.15) is 0 Å². The number of imide groups is 1. The van der Waals surface area contributed by atoms with E-state index in [0.717, 1.165) is 4.90 Å². The van der Waals surface area contributed by atoms with Crippen LogP contribution in [0.15, 0.2) is 30.5 Å². The quantitative estimate of drug-likeness (QED) is 0.798. The number of amides is 3. The van der Waals surface area contributed by atoms with E-state index >= 15 is 0 Å². The summed E-state index contributed by atoms with van der Waals surface area (Å²) in [6, 6.07) is 6.39. The van der Waals surface area contributed by atoms with Gasteiger partial charge in [0.1, 0.15) is 0 Å². The van der Waals surface area contributed by atoms with Crippen molar-refractivity contribution in [2.24, 2.45) is 0 Å². The lowest BCUT2D eigenvalue weighted by molar-refractivity contribution is -0.115. The first-order chi connectivity index (χ1) is 8.68. The Kier molecular flexibility index (Phi) is 2.41. The van der Waals surface area contributed by atoms with Crippen LogP contribution in [0, 0.1) is 0 Å². The lowest BCUT2D eigenvalue weighted by atomic mass is 10.2. The molecule has 5 nitrogen and oxygen atoms in total. The summed E-state index contributed by atoms with van der Waals surface area (Å²) in [6.07, 6.45) is 1.60. The van der Waals surface area contributed by atoms with Crippen LogP contribution < -0.4 is 10.2 Å². The molecule has 18 heavy (non-hydrogen) atoms. The van der Waals surface area contributed by atoms with Gasteiger partial charge in [-0.25, -0.2) is 9.69 Å². The third-order valence-corrected chi connectivity index (χ3v) is 3.11. The predicted molar refractivity (Wildman–Crippen MR) is 67.6 cm³/mol. The van der Waals surface area contributed by atoms with E-state index in [4.69, 9.17) is 11.6 Å². The fourth-order valence-electron chi connectivity index (χ4n) is 1.97. The number of hydrogen-bond acceptors (Lipinski definition) is 3. The number of urea groups is 1. The molecule has 6 heteroatoms. The molecule has 1 aliphatic rings. The number of rotatable bonds is 1. The number of nitrogens with zero attached hydrogens (tertiary/aromatic N) is 2. The summed E-state index contributed by atoms with van der Waals surface area (Å²) in [5.41, 5.74) is 0.991. The zero-order valence-electron chi connectivity index (χ0n) is 9.18. The molecule has 0 bridgehead atoms. The van der Waals surface area contributed by atoms with E-state index in [-0.39, 0.29) is 12.5 Å². The molecular formula is C12H8ClN3O2. The third kappa shape index (κ3) is 1.52. The predicted octanol–water partition coefficient (Wildman–Crippen LogP) is 1.94. The topological polar surface area (TPSA) is 62.3 Å². The summed E-state index contributed by atoms with van der Waals surface area (Å²) in [6.45, 7) is 0.00971. The van der Waals surface area contributed by atoms with Crippen LogP contribution in [0.5, 0.6) is 0 Å². The summed E-state index contributed by atoms with van der Waals surface area (Å²) in [7, 11) is 0. The summed E-state index contributed by atoms with van der Waals surface area (Å²) >= 11 is 6.06. The van der Waals surface area contributed by atoms with Crippen LogP contribution in [0.3, 0.4) is 0 Å². The van der Waals surface area contributed by atoms with Crippen molar-refractivity contribution in [3.8, 4) is 0 Å². The number of aromatic nitrogens is 1. The van der Waals surface area contributed by atoms with Gasteiger partial charge in [-0.05, 0) is 24.3 Å². The van der Waals surface area contributed by atoms with Crippen LogP contribution in [0.1, 0.15) is 0 Å². The first kappa shape index (κ1) is 11.0. The van der Waals surface area contributed by atoms with Crippen molar-refractivity contribution >= 4 is 40.1 Å². The number of nitrogens with one attached hydrogen (secondary N) is 1. The highest BCUT2D eigenvalue weighted by Crippen LogP contribution is 2.31. The summed E-state index contributed by atoms with van der Waals surface area (Å²) in [4.78, 5) is 28.6. The number of carbonyl (C=O) groups excluding carboxylic acids is 2. The molecule has 3 rings (SSSR count). The molecule has 1 aromatic heterocycles. The Hall–Kier alpha value is -2.14. The molecule has 1 N–H and O–H groups in total. The molecule has 3 amide bonds. The monoisotopic (exact) mass is 261 g/mol. The number of carbonyl (C=O) groups is 2. The molecule has 0 radical (unpaired) electrons. The Bertz CT molecular complexity index is 655. The van der Waals surface area contributed by atoms with E-state index in [9.17, 15) is 9.59 Å². The zero-order chi connectivity index (χ0) is 12.7. The Morgan fingerprint density at radius 2 is 2.11 bits per heavy atom. The second-order valence-electron chi connectivity index (χ2n) is 3.85. The molecule has 0 atom stereocenters. The number of hydrogen-bond donors (Lipinski definition) is 1. The van der Waals surface area contributed by atoms with Crippen molar-refractivity contribution in [1.29, 1.82) is 0 Å². The van der Waals surface area contributed by atoms with Crippen molar-refractivity contribution in [1.82, 2.24) is 10.3 Å². The molecule has 1 fully saturated rings. The average molecular weight is 262 g/mol. The average Bonchev–Trinajstić information content (AvgIpc) is 2.71. The van der Waals surface area contributed by atoms with Crippen LogP contribution in [0.25, 0.3) is 10.9 Å². The van der Waals surface area contributed by atoms with Crippen molar-refractivity contribution in [2.45, 2.75) is 0 Å². The maximum atomic E-state index is 11.7. The van der Waals surface area contributed by atoms with Gasteiger partial charge in [0, 0.05) is 11.6 Å². The first-order valence-corrected chi connectivity index (χ1v) is 5.70. The Labute approximate surface area is 107 Å². The van der Waals surface area contributed by atoms with Crippen LogP contribution in [0.2, 0.25) is 5.02 Å². The Morgan fingerprint density at radius 3 is 2.83 bits per heavy atom. The van der Waals surface area contributed by atoms with Crippen LogP contribution in [-0.2, 0) is 4.79 Å². The molecule has 0 spiro atoms. The van der Waals surface area contributed by atoms with Gasteiger partial charge >= 0.3 is 6.03 Å². The molecule has 90 valence electrons. The van der Waals surface area contributed by atoms with Gasteiger partial charge in [-0.3, -0.25) is 9.78 Å². The lowest BCUT2D eigenvalue weighted by Gasteiger charge is -2.14. The third-order valence-electron chi connectivity index (χ3n) is 2.78. The SMILES string of the molecule is O=C1CNC(=O)N1c1ccc(Cl)c2cccnc12. The number of halogens is 1. The standard InChI is InChI=1S/C12H8ClN3O2/c13-8-3-4-9(11-7(8)2-1-5-14-11)16-10(17)6-15-12(16)18/h1-5H,6H2,(H,15,18). The molecule has 1 aliphatic heterocycles. The molecule has 1 aromatic carbocycles. The Morgan fingerprint density at radius 1 is 1.28 bits per heavy atom. The first-order valence-electron chi connectivity index (χ1n) is 5.32. The molecule has 2 aromatic rings. The van der Waals surface area contributed by atoms with E-state index in [1.165, 1.54) is 0 Å². The largest absolute Gasteiger partial charge is 0.329 e. The highest BCUT2D eigenvalue weighted by molar-refractivity contribution is 6.36. The second-order valence-corrected chi connectivity index (χ2v) is 4.26.